The van der Waals surface area contributed by atoms with Crippen molar-refractivity contribution in [1.82, 2.24) is 0 Å². The maximum Gasteiger partial charge on any atom is 0.338 e. The molecular weight excluding hydrogens is 402 g/mol. The summed E-state index contributed by atoms with van der Waals surface area (Å²) in [5, 5.41) is 43.8. The Bertz CT molecular complexity index is 954. The van der Waals surface area contributed by atoms with Crippen LogP contribution in [-0.4, -0.2) is 44.6 Å². The highest BCUT2D eigenvalue weighted by Crippen LogP contribution is 2.34. The molecule has 12 nitrogen and oxygen atoms in total. The van der Waals surface area contributed by atoms with E-state index in [1.807, 2.05) is 0 Å². The van der Waals surface area contributed by atoms with Gasteiger partial charge in [0.2, 0.25) is 0 Å². The van der Waals surface area contributed by atoms with Gasteiger partial charge in [0.05, 0.1) is 28.1 Å². The molecule has 12 heteroatoms. The van der Waals surface area contributed by atoms with E-state index in [0.29, 0.717) is 17.7 Å². The SMILES string of the molecule is CCOC(=O)C(Cc1ccc(O)cc1)Nc1c(C(=O)O)cc([N+](=O)[O-])cc1[N+](=O)[O-]. The van der Waals surface area contributed by atoms with Gasteiger partial charge in [0, 0.05) is 12.5 Å². The lowest BCUT2D eigenvalue weighted by Gasteiger charge is -2.19. The van der Waals surface area contributed by atoms with Crippen LogP contribution in [0.1, 0.15) is 22.8 Å². The summed E-state index contributed by atoms with van der Waals surface area (Å²) in [6.45, 7) is 1.55. The summed E-state index contributed by atoms with van der Waals surface area (Å²) < 4.78 is 4.96. The van der Waals surface area contributed by atoms with Crippen molar-refractivity contribution in [2.45, 2.75) is 19.4 Å². The number of ether oxygens (including phenoxy) is 1. The standard InChI is InChI=1S/C18H17N3O9/c1-2-30-18(25)14(7-10-3-5-12(22)6-4-10)19-16-13(17(23)24)8-11(20(26)27)9-15(16)21(28)29/h3-6,8-9,14,19,22H,2,7H2,1H3,(H,23,24). The molecule has 0 fully saturated rings. The van der Waals surface area contributed by atoms with Gasteiger partial charge >= 0.3 is 11.9 Å². The van der Waals surface area contributed by atoms with E-state index in [9.17, 15) is 40.0 Å². The number of esters is 1. The largest absolute Gasteiger partial charge is 0.508 e. The van der Waals surface area contributed by atoms with Crippen LogP contribution in [0.15, 0.2) is 36.4 Å². The summed E-state index contributed by atoms with van der Waals surface area (Å²) in [5.74, 6) is -2.48. The van der Waals surface area contributed by atoms with Gasteiger partial charge in [0.25, 0.3) is 11.4 Å². The van der Waals surface area contributed by atoms with Gasteiger partial charge in [-0.1, -0.05) is 12.1 Å². The number of rotatable bonds is 9. The molecule has 0 aliphatic heterocycles. The van der Waals surface area contributed by atoms with Crippen LogP contribution in [0.2, 0.25) is 0 Å². The number of carbonyl (C=O) groups is 2. The van der Waals surface area contributed by atoms with E-state index in [-0.39, 0.29) is 18.8 Å². The van der Waals surface area contributed by atoms with E-state index in [1.165, 1.54) is 24.3 Å². The monoisotopic (exact) mass is 419 g/mol. The minimum Gasteiger partial charge on any atom is -0.508 e. The van der Waals surface area contributed by atoms with Gasteiger partial charge < -0.3 is 20.3 Å². The van der Waals surface area contributed by atoms with Gasteiger partial charge in [-0.2, -0.15) is 0 Å². The average Bonchev–Trinajstić information content (AvgIpc) is 2.68. The Labute approximate surface area is 169 Å². The summed E-state index contributed by atoms with van der Waals surface area (Å²) in [6.07, 6.45) is -0.0632. The number of nitro benzene ring substituents is 2. The molecule has 2 aromatic carbocycles. The van der Waals surface area contributed by atoms with Gasteiger partial charge in [0.15, 0.2) is 0 Å². The van der Waals surface area contributed by atoms with Crippen LogP contribution in [0.25, 0.3) is 0 Å². The highest BCUT2D eigenvalue weighted by molar-refractivity contribution is 5.99. The van der Waals surface area contributed by atoms with E-state index in [2.05, 4.69) is 5.32 Å². The number of non-ortho nitro benzene ring substituents is 1. The number of hydrogen-bond acceptors (Lipinski definition) is 9. The number of carboxylic acid groups (broad SMARTS) is 1. The zero-order chi connectivity index (χ0) is 22.4. The molecule has 1 atom stereocenters. The topological polar surface area (TPSA) is 182 Å². The molecule has 2 aromatic rings. The Morgan fingerprint density at radius 1 is 1.13 bits per heavy atom. The second-order valence-corrected chi connectivity index (χ2v) is 6.03. The highest BCUT2D eigenvalue weighted by atomic mass is 16.6. The first-order chi connectivity index (χ1) is 14.1. The van der Waals surface area contributed by atoms with Crippen molar-refractivity contribution in [3.05, 3.63) is 67.8 Å². The molecular formula is C18H17N3O9. The maximum atomic E-state index is 12.4. The first-order valence-electron chi connectivity index (χ1n) is 8.55. The summed E-state index contributed by atoms with van der Waals surface area (Å²) in [6, 6.07) is 5.78. The molecule has 0 amide bonds. The molecule has 0 aromatic heterocycles. The number of benzene rings is 2. The van der Waals surface area contributed by atoms with Gasteiger partial charge in [-0.05, 0) is 24.6 Å². The van der Waals surface area contributed by atoms with E-state index < -0.39 is 50.5 Å². The molecule has 158 valence electrons. The minimum atomic E-state index is -1.66. The van der Waals surface area contributed by atoms with Crippen molar-refractivity contribution >= 4 is 29.0 Å². The molecule has 0 spiro atoms. The minimum absolute atomic E-state index is 0.000728. The smallest absolute Gasteiger partial charge is 0.338 e. The number of carbonyl (C=O) groups excluding carboxylic acids is 1. The molecule has 0 saturated heterocycles. The van der Waals surface area contributed by atoms with Crippen molar-refractivity contribution < 1.29 is 34.4 Å². The second-order valence-electron chi connectivity index (χ2n) is 6.03. The molecule has 1 unspecified atom stereocenters. The quantitative estimate of drug-likeness (QED) is 0.310. The number of phenols is 1. The van der Waals surface area contributed by atoms with Gasteiger partial charge in [0.1, 0.15) is 17.5 Å². The molecule has 0 bridgehead atoms. The fourth-order valence-corrected chi connectivity index (χ4v) is 2.66. The predicted octanol–water partition coefficient (Wildman–Crippen LogP) is 2.49. The Balaban J connectivity index is 2.55. The van der Waals surface area contributed by atoms with E-state index in [1.54, 1.807) is 6.92 Å². The molecule has 3 N–H and O–H groups in total. The fraction of sp³-hybridized carbons (Fsp3) is 0.222. The number of aromatic carboxylic acids is 1. The first-order valence-corrected chi connectivity index (χ1v) is 8.55. The number of nitrogens with one attached hydrogen (secondary N) is 1. The van der Waals surface area contributed by atoms with E-state index in [4.69, 9.17) is 4.74 Å². The summed E-state index contributed by atoms with van der Waals surface area (Å²) in [7, 11) is 0. The third-order valence-corrected chi connectivity index (χ3v) is 4.01. The molecule has 0 aliphatic rings. The van der Waals surface area contributed by atoms with Crippen LogP contribution in [-0.2, 0) is 16.0 Å². The molecule has 0 radical (unpaired) electrons. The van der Waals surface area contributed by atoms with Crippen LogP contribution in [0, 0.1) is 20.2 Å². The van der Waals surface area contributed by atoms with Crippen LogP contribution < -0.4 is 5.32 Å². The molecule has 0 aliphatic carbocycles. The molecule has 30 heavy (non-hydrogen) atoms. The van der Waals surface area contributed by atoms with Crippen LogP contribution in [0.3, 0.4) is 0 Å². The van der Waals surface area contributed by atoms with E-state index >= 15 is 0 Å². The Hall–Kier alpha value is -4.22. The van der Waals surface area contributed by atoms with Crippen molar-refractivity contribution in [3.8, 4) is 5.75 Å². The zero-order valence-electron chi connectivity index (χ0n) is 15.6. The third-order valence-electron chi connectivity index (χ3n) is 4.01. The maximum absolute atomic E-state index is 12.4. The molecule has 0 saturated carbocycles. The number of carboxylic acids is 1. The number of nitrogens with zero attached hydrogens (tertiary/aromatic N) is 2. The lowest BCUT2D eigenvalue weighted by Crippen LogP contribution is -2.34. The predicted molar refractivity (Wildman–Crippen MR) is 103 cm³/mol. The lowest BCUT2D eigenvalue weighted by atomic mass is 10.0. The van der Waals surface area contributed by atoms with Gasteiger partial charge in [-0.25, -0.2) is 9.59 Å². The Morgan fingerprint density at radius 3 is 2.27 bits per heavy atom. The highest BCUT2D eigenvalue weighted by Gasteiger charge is 2.31. The summed E-state index contributed by atoms with van der Waals surface area (Å²) in [4.78, 5) is 44.5. The van der Waals surface area contributed by atoms with Crippen molar-refractivity contribution in [1.29, 1.82) is 0 Å². The van der Waals surface area contributed by atoms with Gasteiger partial charge in [-0.3, -0.25) is 20.2 Å². The zero-order valence-corrected chi connectivity index (χ0v) is 15.6. The summed E-state index contributed by atoms with van der Waals surface area (Å²) in [5.41, 5.74) is -2.41. The van der Waals surface area contributed by atoms with Gasteiger partial charge in [-0.15, -0.1) is 0 Å². The number of nitro groups is 2. The first kappa shape index (κ1) is 22.1. The van der Waals surface area contributed by atoms with Crippen LogP contribution in [0.4, 0.5) is 17.1 Å². The lowest BCUT2D eigenvalue weighted by molar-refractivity contribution is -0.393. The second kappa shape index (κ2) is 9.32. The Kier molecular flexibility index (Phi) is 6.86. The number of aromatic hydroxyl groups is 1. The Morgan fingerprint density at radius 2 is 1.77 bits per heavy atom. The number of hydrogen-bond donors (Lipinski definition) is 3. The van der Waals surface area contributed by atoms with Crippen molar-refractivity contribution in [2.75, 3.05) is 11.9 Å². The number of phenolic OH excluding ortho intramolecular Hbond substituents is 1. The van der Waals surface area contributed by atoms with E-state index in [0.717, 1.165) is 0 Å². The summed E-state index contributed by atoms with van der Waals surface area (Å²) >= 11 is 0. The normalized spacial score (nSPS) is 11.4. The molecule has 0 heterocycles. The average molecular weight is 419 g/mol. The fourth-order valence-electron chi connectivity index (χ4n) is 2.66. The number of anilines is 1. The van der Waals surface area contributed by atoms with Crippen molar-refractivity contribution in [3.63, 3.8) is 0 Å². The molecule has 2 rings (SSSR count). The third kappa shape index (κ3) is 5.19. The van der Waals surface area contributed by atoms with Crippen LogP contribution in [0.5, 0.6) is 5.75 Å². The van der Waals surface area contributed by atoms with Crippen LogP contribution >= 0.6 is 0 Å². The van der Waals surface area contributed by atoms with Crippen molar-refractivity contribution in [2.24, 2.45) is 0 Å².